The van der Waals surface area contributed by atoms with Crippen LogP contribution < -0.4 is 5.73 Å². The highest BCUT2D eigenvalue weighted by molar-refractivity contribution is 5.21. The molecule has 90 valence electrons. The second-order valence-corrected chi connectivity index (χ2v) is 5.46. The molecule has 0 aromatic heterocycles. The average Bonchev–Trinajstić information content (AvgIpc) is 2.18. The zero-order valence-corrected chi connectivity index (χ0v) is 11.0. The van der Waals surface area contributed by atoms with Crippen LogP contribution in [0.3, 0.4) is 0 Å². The highest BCUT2D eigenvalue weighted by atomic mass is 15.1. The molecule has 1 aromatic rings. The minimum atomic E-state index is -0.0679. The first-order valence-electron chi connectivity index (χ1n) is 5.90. The highest BCUT2D eigenvalue weighted by Gasteiger charge is 2.11. The maximum atomic E-state index is 5.97. The van der Waals surface area contributed by atoms with Crippen LogP contribution in [0.5, 0.6) is 0 Å². The van der Waals surface area contributed by atoms with Gasteiger partial charge < -0.3 is 10.6 Å². The van der Waals surface area contributed by atoms with E-state index >= 15 is 0 Å². The Balaban J connectivity index is 2.39. The van der Waals surface area contributed by atoms with E-state index in [4.69, 9.17) is 5.73 Å². The van der Waals surface area contributed by atoms with Crippen molar-refractivity contribution >= 4 is 0 Å². The van der Waals surface area contributed by atoms with Crippen molar-refractivity contribution in [3.63, 3.8) is 0 Å². The monoisotopic (exact) mass is 220 g/mol. The van der Waals surface area contributed by atoms with Crippen LogP contribution in [0, 0.1) is 6.92 Å². The summed E-state index contributed by atoms with van der Waals surface area (Å²) in [6.45, 7) is 8.30. The van der Waals surface area contributed by atoms with Crippen LogP contribution in [0.15, 0.2) is 24.3 Å². The Labute approximate surface area is 99.5 Å². The van der Waals surface area contributed by atoms with Crippen LogP contribution >= 0.6 is 0 Å². The molecule has 0 atom stereocenters. The quantitative estimate of drug-likeness (QED) is 0.826. The molecule has 2 heteroatoms. The first-order valence-corrected chi connectivity index (χ1v) is 5.90. The Morgan fingerprint density at radius 2 is 1.75 bits per heavy atom. The van der Waals surface area contributed by atoms with E-state index in [2.05, 4.69) is 57.0 Å². The second-order valence-electron chi connectivity index (χ2n) is 5.46. The maximum Gasteiger partial charge on any atom is 0.0230 e. The Kier molecular flexibility index (Phi) is 4.51. The number of rotatable bonds is 5. The van der Waals surface area contributed by atoms with E-state index in [-0.39, 0.29) is 5.54 Å². The number of nitrogens with two attached hydrogens (primary N) is 1. The van der Waals surface area contributed by atoms with E-state index in [1.54, 1.807) is 0 Å². The van der Waals surface area contributed by atoms with Crippen molar-refractivity contribution in [3.8, 4) is 0 Å². The highest BCUT2D eigenvalue weighted by Crippen LogP contribution is 2.08. The molecule has 0 bridgehead atoms. The molecule has 0 heterocycles. The number of benzene rings is 1. The molecule has 0 amide bonds. The Morgan fingerprint density at radius 1 is 1.19 bits per heavy atom. The lowest BCUT2D eigenvalue weighted by atomic mass is 10.0. The van der Waals surface area contributed by atoms with E-state index in [1.165, 1.54) is 11.1 Å². The van der Waals surface area contributed by atoms with Gasteiger partial charge in [0.05, 0.1) is 0 Å². The largest absolute Gasteiger partial charge is 0.326 e. The molecule has 2 N–H and O–H groups in total. The van der Waals surface area contributed by atoms with Gasteiger partial charge in [0.15, 0.2) is 0 Å². The van der Waals surface area contributed by atoms with Gasteiger partial charge in [-0.2, -0.15) is 0 Å². The number of nitrogens with zero attached hydrogens (tertiary/aromatic N) is 1. The summed E-state index contributed by atoms with van der Waals surface area (Å²) < 4.78 is 0. The van der Waals surface area contributed by atoms with Crippen LogP contribution in [-0.2, 0) is 6.54 Å². The van der Waals surface area contributed by atoms with Crippen LogP contribution in [-0.4, -0.2) is 24.0 Å². The summed E-state index contributed by atoms with van der Waals surface area (Å²) in [5.41, 5.74) is 8.58. The zero-order valence-electron chi connectivity index (χ0n) is 11.0. The van der Waals surface area contributed by atoms with Gasteiger partial charge in [-0.15, -0.1) is 0 Å². The first kappa shape index (κ1) is 13.2. The van der Waals surface area contributed by atoms with Gasteiger partial charge in [-0.25, -0.2) is 0 Å². The van der Waals surface area contributed by atoms with Crippen molar-refractivity contribution in [1.82, 2.24) is 4.90 Å². The van der Waals surface area contributed by atoms with Crippen molar-refractivity contribution in [2.24, 2.45) is 5.73 Å². The van der Waals surface area contributed by atoms with Gasteiger partial charge >= 0.3 is 0 Å². The van der Waals surface area contributed by atoms with E-state index in [1.807, 2.05) is 0 Å². The molecule has 0 radical (unpaired) electrons. The van der Waals surface area contributed by atoms with Crippen LogP contribution in [0.2, 0.25) is 0 Å². The van der Waals surface area contributed by atoms with Gasteiger partial charge in [0.2, 0.25) is 0 Å². The third-order valence-corrected chi connectivity index (χ3v) is 2.71. The Bertz CT molecular complexity index is 309. The summed E-state index contributed by atoms with van der Waals surface area (Å²) in [7, 11) is 2.14. The minimum absolute atomic E-state index is 0.0679. The van der Waals surface area contributed by atoms with Gasteiger partial charge in [0.25, 0.3) is 0 Å². The molecule has 0 saturated heterocycles. The van der Waals surface area contributed by atoms with E-state index in [9.17, 15) is 0 Å². The minimum Gasteiger partial charge on any atom is -0.326 e. The lowest BCUT2D eigenvalue weighted by molar-refractivity contribution is 0.289. The Morgan fingerprint density at radius 3 is 2.25 bits per heavy atom. The van der Waals surface area contributed by atoms with Crippen LogP contribution in [0.4, 0.5) is 0 Å². The lowest BCUT2D eigenvalue weighted by Crippen LogP contribution is -2.36. The van der Waals surface area contributed by atoms with E-state index in [0.29, 0.717) is 0 Å². The predicted octanol–water partition coefficient (Wildman–Crippen LogP) is 2.55. The normalized spacial score (nSPS) is 12.1. The lowest BCUT2D eigenvalue weighted by Gasteiger charge is -2.23. The molecule has 16 heavy (non-hydrogen) atoms. The van der Waals surface area contributed by atoms with Crippen LogP contribution in [0.1, 0.15) is 31.4 Å². The summed E-state index contributed by atoms with van der Waals surface area (Å²) >= 11 is 0. The average molecular weight is 220 g/mol. The molecule has 0 aliphatic heterocycles. The third-order valence-electron chi connectivity index (χ3n) is 2.71. The van der Waals surface area contributed by atoms with Gasteiger partial charge in [-0.05, 0) is 46.3 Å². The van der Waals surface area contributed by atoms with Crippen molar-refractivity contribution < 1.29 is 0 Å². The zero-order chi connectivity index (χ0) is 12.2. The van der Waals surface area contributed by atoms with Gasteiger partial charge in [-0.3, -0.25) is 0 Å². The van der Waals surface area contributed by atoms with Crippen LogP contribution in [0.25, 0.3) is 0 Å². The first-order chi connectivity index (χ1) is 7.37. The number of hydrogen-bond acceptors (Lipinski definition) is 2. The second kappa shape index (κ2) is 5.46. The molecular formula is C14H24N2. The van der Waals surface area contributed by atoms with Gasteiger partial charge in [0.1, 0.15) is 0 Å². The van der Waals surface area contributed by atoms with Crippen molar-refractivity contribution in [2.75, 3.05) is 13.6 Å². The maximum absolute atomic E-state index is 5.97. The standard InChI is InChI=1S/C14H24N2/c1-12-5-7-13(8-6-12)11-16(4)10-9-14(2,3)15/h5-8H,9-11,15H2,1-4H3. The fourth-order valence-electron chi connectivity index (χ4n) is 1.56. The molecule has 0 aliphatic rings. The molecule has 0 unspecified atom stereocenters. The summed E-state index contributed by atoms with van der Waals surface area (Å²) in [4.78, 5) is 2.32. The van der Waals surface area contributed by atoms with Crippen molar-refractivity contribution in [1.29, 1.82) is 0 Å². The molecule has 1 aromatic carbocycles. The SMILES string of the molecule is Cc1ccc(CN(C)CCC(C)(C)N)cc1. The fraction of sp³-hybridized carbons (Fsp3) is 0.571. The molecule has 0 spiro atoms. The Hall–Kier alpha value is -0.860. The molecule has 2 nitrogen and oxygen atoms in total. The van der Waals surface area contributed by atoms with E-state index in [0.717, 1.165) is 19.5 Å². The molecule has 0 saturated carbocycles. The predicted molar refractivity (Wildman–Crippen MR) is 70.4 cm³/mol. The summed E-state index contributed by atoms with van der Waals surface area (Å²) in [6.07, 6.45) is 1.02. The number of aryl methyl sites for hydroxylation is 1. The third kappa shape index (κ3) is 5.29. The number of hydrogen-bond donors (Lipinski definition) is 1. The van der Waals surface area contributed by atoms with Crippen molar-refractivity contribution in [3.05, 3.63) is 35.4 Å². The molecule has 1 rings (SSSR count). The van der Waals surface area contributed by atoms with E-state index < -0.39 is 0 Å². The summed E-state index contributed by atoms with van der Waals surface area (Å²) in [5, 5.41) is 0. The topological polar surface area (TPSA) is 29.3 Å². The molecule has 0 fully saturated rings. The summed E-state index contributed by atoms with van der Waals surface area (Å²) in [6, 6.07) is 8.71. The summed E-state index contributed by atoms with van der Waals surface area (Å²) in [5.74, 6) is 0. The fourth-order valence-corrected chi connectivity index (χ4v) is 1.56. The van der Waals surface area contributed by atoms with Gasteiger partial charge in [-0.1, -0.05) is 29.8 Å². The smallest absolute Gasteiger partial charge is 0.0230 e. The molecular weight excluding hydrogens is 196 g/mol. The molecule has 0 aliphatic carbocycles. The van der Waals surface area contributed by atoms with Crippen molar-refractivity contribution in [2.45, 2.75) is 39.3 Å². The van der Waals surface area contributed by atoms with Gasteiger partial charge in [0, 0.05) is 12.1 Å².